The van der Waals surface area contributed by atoms with Gasteiger partial charge >= 0.3 is 0 Å². The number of carbonyl (C=O) groups is 1. The fourth-order valence-corrected chi connectivity index (χ4v) is 3.56. The molecule has 0 fully saturated rings. The van der Waals surface area contributed by atoms with E-state index in [1.54, 1.807) is 4.57 Å². The predicted octanol–water partition coefficient (Wildman–Crippen LogP) is 2.90. The van der Waals surface area contributed by atoms with Crippen molar-refractivity contribution in [3.8, 4) is 0 Å². The Hall–Kier alpha value is -3.34. The van der Waals surface area contributed by atoms with Crippen LogP contribution in [0.3, 0.4) is 0 Å². The number of amides is 1. The number of hydrogen-bond acceptors (Lipinski definition) is 4. The molecule has 1 atom stereocenters. The smallest absolute Gasteiger partial charge is 0.225 e. The maximum Gasteiger partial charge on any atom is 0.225 e. The zero-order valence-electron chi connectivity index (χ0n) is 14.9. The fraction of sp³-hybridized carbons (Fsp3) is 0.190. The van der Waals surface area contributed by atoms with Crippen molar-refractivity contribution in [2.75, 3.05) is 7.11 Å². The number of carbonyl (C=O) groups excluding carboxylic acids is 2. The molecule has 4 rings (SSSR count). The second-order valence-corrected chi connectivity index (χ2v) is 6.38. The third kappa shape index (κ3) is 3.01. The summed E-state index contributed by atoms with van der Waals surface area (Å²) in [6, 6.07) is 19.1. The van der Waals surface area contributed by atoms with E-state index in [9.17, 15) is 9.59 Å². The second kappa shape index (κ2) is 7.11. The molecular weight excluding hydrogens is 342 g/mol. The molecule has 0 bridgehead atoms. The first-order valence-corrected chi connectivity index (χ1v) is 8.72. The van der Waals surface area contributed by atoms with Gasteiger partial charge in [-0.3, -0.25) is 14.2 Å². The second-order valence-electron chi connectivity index (χ2n) is 6.38. The Bertz CT molecular complexity index is 1040. The Morgan fingerprint density at radius 3 is 2.63 bits per heavy atom. The Morgan fingerprint density at radius 1 is 1.15 bits per heavy atom. The molecule has 0 saturated heterocycles. The van der Waals surface area contributed by atoms with Crippen LogP contribution in [0.4, 0.5) is 0 Å². The molecule has 1 aliphatic heterocycles. The van der Waals surface area contributed by atoms with Crippen molar-refractivity contribution in [3.05, 3.63) is 71.9 Å². The van der Waals surface area contributed by atoms with Crippen molar-refractivity contribution < 1.29 is 14.4 Å². The third-order valence-corrected chi connectivity index (χ3v) is 4.78. The fourth-order valence-electron chi connectivity index (χ4n) is 3.56. The number of aromatic nitrogens is 1. The van der Waals surface area contributed by atoms with Gasteiger partial charge in [0.25, 0.3) is 0 Å². The Labute approximate surface area is 156 Å². The van der Waals surface area contributed by atoms with E-state index in [2.05, 4.69) is 5.32 Å². The van der Waals surface area contributed by atoms with Gasteiger partial charge in [-0.15, -0.1) is 0 Å². The molecule has 1 aliphatic rings. The molecule has 136 valence electrons. The number of nitrogens with zero attached hydrogens (tertiary/aromatic N) is 2. The normalized spacial score (nSPS) is 15.7. The number of rotatable bonds is 5. The standard InChI is InChI=1S/C21H19N3O3/c1-27-24-19(12-20(26)22-13-15-7-3-2-4-8-15)18-11-16-9-5-6-10-17(16)23(18)21(24)14-25/h2-11,19H,12-13H2,1H3,(H,22,26). The minimum Gasteiger partial charge on any atom is -0.352 e. The molecule has 0 spiro atoms. The van der Waals surface area contributed by atoms with E-state index in [0.29, 0.717) is 6.54 Å². The van der Waals surface area contributed by atoms with Gasteiger partial charge in [-0.05, 0) is 17.7 Å². The Morgan fingerprint density at radius 2 is 1.89 bits per heavy atom. The highest BCUT2D eigenvalue weighted by Gasteiger charge is 2.38. The van der Waals surface area contributed by atoms with E-state index in [1.807, 2.05) is 66.6 Å². The lowest BCUT2D eigenvalue weighted by molar-refractivity contribution is -0.131. The van der Waals surface area contributed by atoms with E-state index in [0.717, 1.165) is 22.2 Å². The molecular formula is C21H19N3O3. The van der Waals surface area contributed by atoms with Crippen molar-refractivity contribution in [1.82, 2.24) is 14.9 Å². The van der Waals surface area contributed by atoms with Crippen LogP contribution in [0.15, 0.2) is 60.7 Å². The first kappa shape index (κ1) is 17.1. The zero-order chi connectivity index (χ0) is 18.8. The van der Waals surface area contributed by atoms with Gasteiger partial charge in [-0.2, -0.15) is 0 Å². The summed E-state index contributed by atoms with van der Waals surface area (Å²) in [5.41, 5.74) is 2.76. The van der Waals surface area contributed by atoms with Crippen molar-refractivity contribution in [2.45, 2.75) is 19.0 Å². The molecule has 6 nitrogen and oxygen atoms in total. The average Bonchev–Trinajstić information content (AvgIpc) is 3.21. The van der Waals surface area contributed by atoms with Crippen LogP contribution < -0.4 is 5.32 Å². The lowest BCUT2D eigenvalue weighted by Crippen LogP contribution is -2.29. The van der Waals surface area contributed by atoms with Gasteiger partial charge in [0.15, 0.2) is 5.94 Å². The highest BCUT2D eigenvalue weighted by Crippen LogP contribution is 2.41. The molecule has 0 radical (unpaired) electrons. The zero-order valence-corrected chi connectivity index (χ0v) is 14.9. The number of fused-ring (bicyclic) bond motifs is 3. The van der Waals surface area contributed by atoms with Crippen LogP contribution in [0.25, 0.3) is 16.7 Å². The van der Waals surface area contributed by atoms with E-state index < -0.39 is 6.04 Å². The molecule has 2 heterocycles. The van der Waals surface area contributed by atoms with Crippen LogP contribution >= 0.6 is 0 Å². The molecule has 6 heteroatoms. The number of benzene rings is 2. The maximum absolute atomic E-state index is 12.5. The molecule has 1 amide bonds. The monoisotopic (exact) mass is 361 g/mol. The van der Waals surface area contributed by atoms with E-state index >= 15 is 0 Å². The van der Waals surface area contributed by atoms with Gasteiger partial charge in [0.2, 0.25) is 11.7 Å². The van der Waals surface area contributed by atoms with Crippen LogP contribution in [-0.4, -0.2) is 28.6 Å². The highest BCUT2D eigenvalue weighted by molar-refractivity contribution is 5.91. The summed E-state index contributed by atoms with van der Waals surface area (Å²) >= 11 is 0. The Kier molecular flexibility index (Phi) is 4.50. The van der Waals surface area contributed by atoms with Gasteiger partial charge in [-0.1, -0.05) is 48.5 Å². The van der Waals surface area contributed by atoms with Crippen molar-refractivity contribution in [1.29, 1.82) is 0 Å². The van der Waals surface area contributed by atoms with Crippen molar-refractivity contribution >= 4 is 28.6 Å². The summed E-state index contributed by atoms with van der Waals surface area (Å²) in [5, 5.41) is 5.39. The third-order valence-electron chi connectivity index (χ3n) is 4.78. The Balaban J connectivity index is 1.60. The first-order valence-electron chi connectivity index (χ1n) is 8.72. The molecule has 1 aromatic heterocycles. The quantitative estimate of drug-likeness (QED) is 0.710. The largest absolute Gasteiger partial charge is 0.352 e. The van der Waals surface area contributed by atoms with Crippen molar-refractivity contribution in [3.63, 3.8) is 0 Å². The van der Waals surface area contributed by atoms with Crippen LogP contribution in [0, 0.1) is 0 Å². The van der Waals surface area contributed by atoms with E-state index in [4.69, 9.17) is 4.84 Å². The average molecular weight is 361 g/mol. The minimum atomic E-state index is -0.394. The lowest BCUT2D eigenvalue weighted by atomic mass is 10.1. The van der Waals surface area contributed by atoms with Crippen LogP contribution in [0.2, 0.25) is 0 Å². The molecule has 2 aromatic carbocycles. The maximum atomic E-state index is 12.5. The number of hydroxylamine groups is 2. The highest BCUT2D eigenvalue weighted by atomic mass is 16.7. The van der Waals surface area contributed by atoms with Gasteiger partial charge in [-0.25, -0.2) is 9.86 Å². The van der Waals surface area contributed by atoms with Crippen LogP contribution in [0.1, 0.15) is 23.7 Å². The summed E-state index contributed by atoms with van der Waals surface area (Å²) < 4.78 is 1.81. The van der Waals surface area contributed by atoms with E-state index in [-0.39, 0.29) is 18.1 Å². The van der Waals surface area contributed by atoms with Gasteiger partial charge in [0.1, 0.15) is 6.04 Å². The summed E-state index contributed by atoms with van der Waals surface area (Å²) in [5.74, 6) is 2.10. The number of hydrogen-bond donors (Lipinski definition) is 1. The molecule has 1 unspecified atom stereocenters. The molecule has 3 aromatic rings. The van der Waals surface area contributed by atoms with E-state index in [1.165, 1.54) is 12.2 Å². The lowest BCUT2D eigenvalue weighted by Gasteiger charge is -2.22. The SMILES string of the molecule is CON1C(=C=O)n2c(cc3ccccc32)C1CC(=O)NCc1ccccc1. The molecule has 1 N–H and O–H groups in total. The molecule has 27 heavy (non-hydrogen) atoms. The summed E-state index contributed by atoms with van der Waals surface area (Å²) in [7, 11) is 1.49. The molecule has 0 saturated carbocycles. The van der Waals surface area contributed by atoms with Gasteiger partial charge < -0.3 is 5.32 Å². The topological polar surface area (TPSA) is 63.6 Å². The number of para-hydroxylation sites is 1. The first-order chi connectivity index (χ1) is 13.2. The summed E-state index contributed by atoms with van der Waals surface area (Å²) in [4.78, 5) is 29.6. The minimum absolute atomic E-state index is 0.116. The van der Waals surface area contributed by atoms with Crippen molar-refractivity contribution in [2.24, 2.45) is 0 Å². The number of nitrogens with one attached hydrogen (secondary N) is 1. The summed E-state index contributed by atoms with van der Waals surface area (Å²) in [6.07, 6.45) is 0.169. The molecule has 0 aliphatic carbocycles. The van der Waals surface area contributed by atoms with Gasteiger partial charge in [0, 0.05) is 11.9 Å². The van der Waals surface area contributed by atoms with Crippen LogP contribution in [-0.2, 0) is 21.0 Å². The van der Waals surface area contributed by atoms with Crippen LogP contribution in [0.5, 0.6) is 0 Å². The predicted molar refractivity (Wildman–Crippen MR) is 102 cm³/mol. The summed E-state index contributed by atoms with van der Waals surface area (Å²) in [6.45, 7) is 0.457. The van der Waals surface area contributed by atoms with Gasteiger partial charge in [0.05, 0.1) is 24.7 Å².